The van der Waals surface area contributed by atoms with Gasteiger partial charge < -0.3 is 4.90 Å². The van der Waals surface area contributed by atoms with Crippen LogP contribution in [0.25, 0.3) is 5.82 Å². The molecule has 1 fully saturated rings. The van der Waals surface area contributed by atoms with E-state index in [2.05, 4.69) is 24.8 Å². The summed E-state index contributed by atoms with van der Waals surface area (Å²) in [5.74, 6) is 3.44. The normalized spacial score (nSPS) is 17.4. The molecule has 7 heteroatoms. The topological polar surface area (TPSA) is 72.6 Å². The van der Waals surface area contributed by atoms with E-state index in [1.807, 2.05) is 43.1 Å². The van der Waals surface area contributed by atoms with E-state index in [1.165, 1.54) is 0 Å². The lowest BCUT2D eigenvalue weighted by Gasteiger charge is -2.25. The molecule has 24 heavy (non-hydrogen) atoms. The fourth-order valence-electron chi connectivity index (χ4n) is 3.22. The number of aryl methyl sites for hydroxylation is 2. The highest BCUT2D eigenvalue weighted by Gasteiger charge is 2.29. The maximum Gasteiger partial charge on any atom is 0.156 e. The minimum absolute atomic E-state index is 0.190. The molecule has 1 aliphatic rings. The predicted molar refractivity (Wildman–Crippen MR) is 90.0 cm³/mol. The van der Waals surface area contributed by atoms with Gasteiger partial charge in [-0.05, 0) is 32.8 Å². The Balaban J connectivity index is 1.69. The molecule has 3 aromatic heterocycles. The Morgan fingerprint density at radius 2 is 1.96 bits per heavy atom. The third-order valence-electron chi connectivity index (χ3n) is 4.36. The third-order valence-corrected chi connectivity index (χ3v) is 4.36. The van der Waals surface area contributed by atoms with Crippen molar-refractivity contribution in [1.82, 2.24) is 29.5 Å². The number of hydrogen-bond acceptors (Lipinski definition) is 6. The molecule has 1 saturated heterocycles. The highest BCUT2D eigenvalue weighted by Crippen LogP contribution is 2.34. The van der Waals surface area contributed by atoms with Crippen molar-refractivity contribution in [3.63, 3.8) is 0 Å². The summed E-state index contributed by atoms with van der Waals surface area (Å²) in [7, 11) is 0. The van der Waals surface area contributed by atoms with Crippen molar-refractivity contribution in [1.29, 1.82) is 0 Å². The van der Waals surface area contributed by atoms with Gasteiger partial charge in [-0.2, -0.15) is 0 Å². The maximum absolute atomic E-state index is 4.83. The van der Waals surface area contributed by atoms with Crippen LogP contribution >= 0.6 is 0 Å². The molecule has 0 spiro atoms. The molecule has 0 radical (unpaired) electrons. The van der Waals surface area contributed by atoms with Gasteiger partial charge in [-0.15, -0.1) is 0 Å². The molecule has 0 N–H and O–H groups in total. The van der Waals surface area contributed by atoms with Crippen molar-refractivity contribution in [2.24, 2.45) is 0 Å². The second kappa shape index (κ2) is 5.99. The van der Waals surface area contributed by atoms with Crippen molar-refractivity contribution >= 4 is 5.82 Å². The second-order valence-corrected chi connectivity index (χ2v) is 5.96. The molecule has 0 aromatic carbocycles. The molecule has 4 rings (SSSR count). The minimum atomic E-state index is 0.190. The Morgan fingerprint density at radius 3 is 2.75 bits per heavy atom. The Labute approximate surface area is 140 Å². The Hall–Kier alpha value is -2.83. The van der Waals surface area contributed by atoms with E-state index < -0.39 is 0 Å². The van der Waals surface area contributed by atoms with Gasteiger partial charge in [0.25, 0.3) is 0 Å². The Bertz CT molecular complexity index is 857. The third kappa shape index (κ3) is 2.62. The molecule has 0 bridgehead atoms. The summed E-state index contributed by atoms with van der Waals surface area (Å²) in [5.41, 5.74) is 0.967. The zero-order chi connectivity index (χ0) is 16.5. The molecule has 0 saturated carbocycles. The first-order chi connectivity index (χ1) is 11.7. The van der Waals surface area contributed by atoms with Crippen LogP contribution in [0.1, 0.15) is 36.2 Å². The molecule has 0 aliphatic carbocycles. The van der Waals surface area contributed by atoms with E-state index in [0.717, 1.165) is 48.4 Å². The first-order valence-electron chi connectivity index (χ1n) is 8.11. The minimum Gasteiger partial charge on any atom is -0.348 e. The van der Waals surface area contributed by atoms with Gasteiger partial charge in [0, 0.05) is 25.1 Å². The van der Waals surface area contributed by atoms with E-state index in [0.29, 0.717) is 0 Å². The highest BCUT2D eigenvalue weighted by molar-refractivity contribution is 5.42. The number of anilines is 1. The fourth-order valence-corrected chi connectivity index (χ4v) is 3.22. The smallest absolute Gasteiger partial charge is 0.156 e. The van der Waals surface area contributed by atoms with Crippen molar-refractivity contribution in [2.45, 2.75) is 32.7 Å². The van der Waals surface area contributed by atoms with E-state index in [1.54, 1.807) is 12.4 Å². The molecule has 3 aromatic rings. The van der Waals surface area contributed by atoms with Crippen molar-refractivity contribution in [3.05, 3.63) is 54.4 Å². The summed E-state index contributed by atoms with van der Waals surface area (Å²) in [6.45, 7) is 4.84. The highest BCUT2D eigenvalue weighted by atomic mass is 15.3. The van der Waals surface area contributed by atoms with Gasteiger partial charge in [-0.25, -0.2) is 19.9 Å². The average molecular weight is 321 g/mol. The summed E-state index contributed by atoms with van der Waals surface area (Å²) in [6, 6.07) is 2.15. The summed E-state index contributed by atoms with van der Waals surface area (Å²) < 4.78 is 1.95. The van der Waals surface area contributed by atoms with Crippen LogP contribution in [0, 0.1) is 13.8 Å². The van der Waals surface area contributed by atoms with Gasteiger partial charge in [-0.3, -0.25) is 9.55 Å². The van der Waals surface area contributed by atoms with Crippen LogP contribution in [0.3, 0.4) is 0 Å². The van der Waals surface area contributed by atoms with Gasteiger partial charge in [0.1, 0.15) is 17.5 Å². The SMILES string of the molecule is Cc1nccc(N2CCCC2c2cncc(-n3ccnc3C)n2)n1. The van der Waals surface area contributed by atoms with E-state index in [9.17, 15) is 0 Å². The number of hydrogen-bond donors (Lipinski definition) is 0. The van der Waals surface area contributed by atoms with Crippen molar-refractivity contribution in [2.75, 3.05) is 11.4 Å². The lowest BCUT2D eigenvalue weighted by atomic mass is 10.1. The first kappa shape index (κ1) is 14.7. The van der Waals surface area contributed by atoms with Crippen molar-refractivity contribution in [3.8, 4) is 5.82 Å². The van der Waals surface area contributed by atoms with Gasteiger partial charge in [0.2, 0.25) is 0 Å². The molecule has 1 unspecified atom stereocenters. The molecule has 4 heterocycles. The van der Waals surface area contributed by atoms with E-state index in [-0.39, 0.29) is 6.04 Å². The Kier molecular flexibility index (Phi) is 3.68. The maximum atomic E-state index is 4.83. The van der Waals surface area contributed by atoms with E-state index in [4.69, 9.17) is 4.98 Å². The number of rotatable bonds is 3. The number of imidazole rings is 1. The predicted octanol–water partition coefficient (Wildman–Crippen LogP) is 2.41. The van der Waals surface area contributed by atoms with Crippen LogP contribution in [-0.4, -0.2) is 36.0 Å². The van der Waals surface area contributed by atoms with Crippen LogP contribution in [0.5, 0.6) is 0 Å². The number of aromatic nitrogens is 6. The summed E-state index contributed by atoms with van der Waals surface area (Å²) in [5, 5.41) is 0. The molecular formula is C17H19N7. The molecular weight excluding hydrogens is 302 g/mol. The van der Waals surface area contributed by atoms with Gasteiger partial charge in [0.15, 0.2) is 5.82 Å². The van der Waals surface area contributed by atoms with Gasteiger partial charge >= 0.3 is 0 Å². The first-order valence-corrected chi connectivity index (χ1v) is 8.11. The number of nitrogens with zero attached hydrogens (tertiary/aromatic N) is 7. The molecule has 1 atom stereocenters. The van der Waals surface area contributed by atoms with Crippen LogP contribution in [0.15, 0.2) is 37.1 Å². The lowest BCUT2D eigenvalue weighted by Crippen LogP contribution is -2.25. The zero-order valence-corrected chi connectivity index (χ0v) is 13.8. The largest absolute Gasteiger partial charge is 0.348 e. The van der Waals surface area contributed by atoms with Crippen LogP contribution in [0.4, 0.5) is 5.82 Å². The second-order valence-electron chi connectivity index (χ2n) is 5.96. The van der Waals surface area contributed by atoms with Crippen molar-refractivity contribution < 1.29 is 0 Å². The Morgan fingerprint density at radius 1 is 1.04 bits per heavy atom. The van der Waals surface area contributed by atoms with Crippen LogP contribution in [0.2, 0.25) is 0 Å². The van der Waals surface area contributed by atoms with Crippen LogP contribution in [-0.2, 0) is 0 Å². The molecule has 0 amide bonds. The van der Waals surface area contributed by atoms with Crippen LogP contribution < -0.4 is 4.90 Å². The molecule has 122 valence electrons. The van der Waals surface area contributed by atoms with Gasteiger partial charge in [-0.1, -0.05) is 0 Å². The fraction of sp³-hybridized carbons (Fsp3) is 0.353. The van der Waals surface area contributed by atoms with E-state index >= 15 is 0 Å². The quantitative estimate of drug-likeness (QED) is 0.737. The summed E-state index contributed by atoms with van der Waals surface area (Å²) in [6.07, 6.45) is 11.3. The monoisotopic (exact) mass is 321 g/mol. The molecule has 7 nitrogen and oxygen atoms in total. The average Bonchev–Trinajstić information content (AvgIpc) is 3.24. The lowest BCUT2D eigenvalue weighted by molar-refractivity contribution is 0.676. The van der Waals surface area contributed by atoms with Gasteiger partial charge in [0.05, 0.1) is 24.1 Å². The molecule has 1 aliphatic heterocycles. The summed E-state index contributed by atoms with van der Waals surface area (Å²) >= 11 is 0. The standard InChI is InChI=1S/C17H19N7/c1-12-19-6-5-16(21-12)24-8-3-4-15(24)14-10-18-11-17(22-14)23-9-7-20-13(23)2/h5-7,9-11,15H,3-4,8H2,1-2H3. The zero-order valence-electron chi connectivity index (χ0n) is 13.8. The summed E-state index contributed by atoms with van der Waals surface area (Å²) in [4.78, 5) is 24.5.